The summed E-state index contributed by atoms with van der Waals surface area (Å²) in [4.78, 5) is 0. The second-order valence-electron chi connectivity index (χ2n) is 3.53. The summed E-state index contributed by atoms with van der Waals surface area (Å²) in [6, 6.07) is 5.89. The van der Waals surface area contributed by atoms with Crippen LogP contribution in [-0.2, 0) is 0 Å². The molecule has 1 nitrogen and oxygen atoms in total. The van der Waals surface area contributed by atoms with Crippen molar-refractivity contribution in [2.24, 2.45) is 5.73 Å². The van der Waals surface area contributed by atoms with Gasteiger partial charge in [-0.3, -0.25) is 0 Å². The van der Waals surface area contributed by atoms with Gasteiger partial charge in [0.2, 0.25) is 0 Å². The van der Waals surface area contributed by atoms with E-state index in [4.69, 9.17) is 17.3 Å². The van der Waals surface area contributed by atoms with Crippen LogP contribution in [0.3, 0.4) is 0 Å². The third-order valence-electron chi connectivity index (χ3n) is 2.47. The molecule has 0 saturated carbocycles. The van der Waals surface area contributed by atoms with Crippen molar-refractivity contribution in [3.8, 4) is 11.8 Å². The van der Waals surface area contributed by atoms with E-state index in [0.29, 0.717) is 0 Å². The van der Waals surface area contributed by atoms with Gasteiger partial charge in [-0.25, -0.2) is 0 Å². The molecule has 1 unspecified atom stereocenters. The lowest BCUT2D eigenvalue weighted by Crippen LogP contribution is -2.11. The molecule has 0 aromatic heterocycles. The third-order valence-corrected chi connectivity index (χ3v) is 2.88. The highest BCUT2D eigenvalue weighted by Gasteiger charge is 2.09. The molecule has 0 spiro atoms. The molecule has 0 amide bonds. The van der Waals surface area contributed by atoms with Crippen LogP contribution in [0.25, 0.3) is 0 Å². The smallest absolute Gasteiger partial charge is 0.0438 e. The SMILES string of the molecule is CC#CCCC(N)c1cccc(Cl)c1C. The van der Waals surface area contributed by atoms with Crippen molar-refractivity contribution in [2.45, 2.75) is 32.7 Å². The average Bonchev–Trinajstić information content (AvgIpc) is 2.22. The summed E-state index contributed by atoms with van der Waals surface area (Å²) in [5.41, 5.74) is 8.28. The monoisotopic (exact) mass is 221 g/mol. The highest BCUT2D eigenvalue weighted by Crippen LogP contribution is 2.25. The van der Waals surface area contributed by atoms with E-state index >= 15 is 0 Å². The number of benzene rings is 1. The van der Waals surface area contributed by atoms with Gasteiger partial charge >= 0.3 is 0 Å². The molecular formula is C13H16ClN. The van der Waals surface area contributed by atoms with Crippen LogP contribution in [0.15, 0.2) is 18.2 Å². The van der Waals surface area contributed by atoms with Crippen molar-refractivity contribution in [3.63, 3.8) is 0 Å². The summed E-state index contributed by atoms with van der Waals surface area (Å²) in [7, 11) is 0. The van der Waals surface area contributed by atoms with Gasteiger partial charge in [0.15, 0.2) is 0 Å². The summed E-state index contributed by atoms with van der Waals surface area (Å²) >= 11 is 6.04. The van der Waals surface area contributed by atoms with Gasteiger partial charge in [0, 0.05) is 17.5 Å². The Morgan fingerprint density at radius 2 is 2.20 bits per heavy atom. The maximum atomic E-state index is 6.08. The van der Waals surface area contributed by atoms with E-state index in [9.17, 15) is 0 Å². The normalized spacial score (nSPS) is 11.7. The minimum absolute atomic E-state index is 0.0320. The Morgan fingerprint density at radius 3 is 2.87 bits per heavy atom. The molecule has 0 aliphatic carbocycles. The molecular weight excluding hydrogens is 206 g/mol. The van der Waals surface area contributed by atoms with Gasteiger partial charge in [0.25, 0.3) is 0 Å². The highest BCUT2D eigenvalue weighted by atomic mass is 35.5. The van der Waals surface area contributed by atoms with Crippen molar-refractivity contribution in [3.05, 3.63) is 34.3 Å². The van der Waals surface area contributed by atoms with Crippen LogP contribution in [0.1, 0.15) is 36.9 Å². The first-order valence-electron chi connectivity index (χ1n) is 5.07. The second kappa shape index (κ2) is 5.80. The van der Waals surface area contributed by atoms with E-state index in [2.05, 4.69) is 11.8 Å². The minimum atomic E-state index is 0.0320. The molecule has 80 valence electrons. The van der Waals surface area contributed by atoms with Gasteiger partial charge < -0.3 is 5.73 Å². The maximum absolute atomic E-state index is 6.08. The van der Waals surface area contributed by atoms with Gasteiger partial charge in [-0.1, -0.05) is 23.7 Å². The van der Waals surface area contributed by atoms with E-state index in [1.807, 2.05) is 32.0 Å². The number of rotatable bonds is 3. The molecule has 0 saturated heterocycles. The van der Waals surface area contributed by atoms with Crippen LogP contribution >= 0.6 is 11.6 Å². The quantitative estimate of drug-likeness (QED) is 0.778. The topological polar surface area (TPSA) is 26.0 Å². The first-order chi connectivity index (χ1) is 7.16. The van der Waals surface area contributed by atoms with E-state index in [-0.39, 0.29) is 6.04 Å². The van der Waals surface area contributed by atoms with E-state index < -0.39 is 0 Å². The van der Waals surface area contributed by atoms with Crippen molar-refractivity contribution in [1.29, 1.82) is 0 Å². The Bertz CT molecular complexity index is 387. The van der Waals surface area contributed by atoms with E-state index in [0.717, 1.165) is 29.0 Å². The lowest BCUT2D eigenvalue weighted by Gasteiger charge is -2.14. The Morgan fingerprint density at radius 1 is 1.47 bits per heavy atom. The molecule has 15 heavy (non-hydrogen) atoms. The summed E-state index contributed by atoms with van der Waals surface area (Å²) in [6.07, 6.45) is 1.71. The molecule has 2 heteroatoms. The Labute approximate surface area is 96.6 Å². The van der Waals surface area contributed by atoms with Gasteiger partial charge in [-0.05, 0) is 37.5 Å². The number of hydrogen-bond acceptors (Lipinski definition) is 1. The molecule has 0 radical (unpaired) electrons. The lowest BCUT2D eigenvalue weighted by atomic mass is 9.98. The lowest BCUT2D eigenvalue weighted by molar-refractivity contribution is 0.664. The Kier molecular flexibility index (Phi) is 4.68. The third kappa shape index (κ3) is 3.27. The second-order valence-corrected chi connectivity index (χ2v) is 3.93. The molecule has 0 heterocycles. The van der Waals surface area contributed by atoms with E-state index in [1.54, 1.807) is 0 Å². The van der Waals surface area contributed by atoms with Gasteiger partial charge in [-0.2, -0.15) is 0 Å². The van der Waals surface area contributed by atoms with Crippen LogP contribution in [0.4, 0.5) is 0 Å². The maximum Gasteiger partial charge on any atom is 0.0438 e. The fourth-order valence-corrected chi connectivity index (χ4v) is 1.72. The van der Waals surface area contributed by atoms with Crippen molar-refractivity contribution >= 4 is 11.6 Å². The first kappa shape index (κ1) is 12.1. The van der Waals surface area contributed by atoms with Gasteiger partial charge in [0.05, 0.1) is 0 Å². The van der Waals surface area contributed by atoms with Crippen LogP contribution < -0.4 is 5.73 Å². The molecule has 0 aliphatic heterocycles. The zero-order valence-electron chi connectivity index (χ0n) is 9.18. The number of halogens is 1. The zero-order chi connectivity index (χ0) is 11.3. The van der Waals surface area contributed by atoms with Gasteiger partial charge in [0.1, 0.15) is 0 Å². The summed E-state index contributed by atoms with van der Waals surface area (Å²) in [6.45, 7) is 3.85. The molecule has 1 rings (SSSR count). The van der Waals surface area contributed by atoms with Crippen molar-refractivity contribution in [1.82, 2.24) is 0 Å². The predicted molar refractivity (Wildman–Crippen MR) is 65.8 cm³/mol. The molecule has 0 aliphatic rings. The molecule has 1 aromatic rings. The molecule has 1 aromatic carbocycles. The van der Waals surface area contributed by atoms with Crippen LogP contribution in [0.5, 0.6) is 0 Å². The summed E-state index contributed by atoms with van der Waals surface area (Å²) in [5, 5.41) is 0.782. The first-order valence-corrected chi connectivity index (χ1v) is 5.44. The van der Waals surface area contributed by atoms with Crippen LogP contribution in [0, 0.1) is 18.8 Å². The predicted octanol–water partition coefficient (Wildman–Crippen LogP) is 3.45. The number of hydrogen-bond donors (Lipinski definition) is 1. The van der Waals surface area contributed by atoms with Crippen molar-refractivity contribution < 1.29 is 0 Å². The van der Waals surface area contributed by atoms with Gasteiger partial charge in [-0.15, -0.1) is 11.8 Å². The Hall–Kier alpha value is -0.970. The molecule has 0 fully saturated rings. The Balaban J connectivity index is 2.76. The van der Waals surface area contributed by atoms with Crippen LogP contribution in [0.2, 0.25) is 5.02 Å². The summed E-state index contributed by atoms with van der Waals surface area (Å²) in [5.74, 6) is 5.89. The highest BCUT2D eigenvalue weighted by molar-refractivity contribution is 6.31. The van der Waals surface area contributed by atoms with Crippen LogP contribution in [-0.4, -0.2) is 0 Å². The molecule has 0 bridgehead atoms. The standard InChI is InChI=1S/C13H16ClN/c1-3-4-5-9-13(15)11-7-6-8-12(14)10(11)2/h6-8,13H,5,9,15H2,1-2H3. The fraction of sp³-hybridized carbons (Fsp3) is 0.385. The average molecular weight is 222 g/mol. The largest absolute Gasteiger partial charge is 0.324 e. The molecule has 1 atom stereocenters. The molecule has 2 N–H and O–H groups in total. The van der Waals surface area contributed by atoms with Crippen molar-refractivity contribution in [2.75, 3.05) is 0 Å². The fourth-order valence-electron chi connectivity index (χ4n) is 1.53. The minimum Gasteiger partial charge on any atom is -0.324 e. The van der Waals surface area contributed by atoms with E-state index in [1.165, 1.54) is 0 Å². The zero-order valence-corrected chi connectivity index (χ0v) is 9.93. The number of nitrogens with two attached hydrogens (primary N) is 1. The summed E-state index contributed by atoms with van der Waals surface area (Å²) < 4.78 is 0.